The summed E-state index contributed by atoms with van der Waals surface area (Å²) in [6, 6.07) is 6.06. The van der Waals surface area contributed by atoms with E-state index in [1.165, 1.54) is 18.3 Å². The molecule has 8 heteroatoms. The summed E-state index contributed by atoms with van der Waals surface area (Å²) in [5, 5.41) is 20.5. The van der Waals surface area contributed by atoms with Crippen molar-refractivity contribution in [3.8, 4) is 11.6 Å². The van der Waals surface area contributed by atoms with Gasteiger partial charge in [-0.2, -0.15) is 0 Å². The maximum absolute atomic E-state index is 10.8. The lowest BCUT2D eigenvalue weighted by molar-refractivity contribution is -0.385. The van der Waals surface area contributed by atoms with Crippen molar-refractivity contribution in [1.29, 1.82) is 0 Å². The maximum Gasteiger partial charge on any atom is 0.271 e. The molecule has 0 aliphatic heterocycles. The smallest absolute Gasteiger partial charge is 0.271 e. The number of nitro groups is 1. The van der Waals surface area contributed by atoms with Gasteiger partial charge in [0.05, 0.1) is 20.0 Å². The van der Waals surface area contributed by atoms with Crippen LogP contribution in [0.2, 0.25) is 0 Å². The van der Waals surface area contributed by atoms with Gasteiger partial charge >= 0.3 is 0 Å². The van der Waals surface area contributed by atoms with Crippen molar-refractivity contribution in [3.05, 3.63) is 55.1 Å². The normalized spacial score (nSPS) is 12.0. The monoisotopic (exact) mass is 416 g/mol. The minimum Gasteiger partial charge on any atom is -0.436 e. The van der Waals surface area contributed by atoms with Gasteiger partial charge < -0.3 is 9.84 Å². The van der Waals surface area contributed by atoms with Crippen molar-refractivity contribution < 1.29 is 14.8 Å². The minimum absolute atomic E-state index is 0.0714. The van der Waals surface area contributed by atoms with Crippen molar-refractivity contribution in [2.75, 3.05) is 0 Å². The molecular weight excluding hydrogens is 408 g/mol. The van der Waals surface area contributed by atoms with Crippen molar-refractivity contribution in [2.24, 2.45) is 0 Å². The number of halogens is 2. The number of ether oxygens (including phenoxy) is 1. The van der Waals surface area contributed by atoms with Crippen LogP contribution in [-0.4, -0.2) is 15.0 Å². The first-order valence-electron chi connectivity index (χ1n) is 5.84. The summed E-state index contributed by atoms with van der Waals surface area (Å²) >= 11 is 6.47. The van der Waals surface area contributed by atoms with E-state index in [1.54, 1.807) is 19.1 Å². The summed E-state index contributed by atoms with van der Waals surface area (Å²) in [6.07, 6.45) is 0.790. The van der Waals surface area contributed by atoms with Crippen LogP contribution in [0.4, 0.5) is 5.69 Å². The van der Waals surface area contributed by atoms with Crippen molar-refractivity contribution >= 4 is 37.5 Å². The average Bonchev–Trinajstić information content (AvgIpc) is 2.42. The van der Waals surface area contributed by atoms with Crippen LogP contribution in [-0.2, 0) is 0 Å². The van der Waals surface area contributed by atoms with E-state index in [0.29, 0.717) is 20.3 Å². The molecule has 110 valence electrons. The van der Waals surface area contributed by atoms with Gasteiger partial charge in [-0.3, -0.25) is 10.1 Å². The lowest BCUT2D eigenvalue weighted by Gasteiger charge is -2.13. The van der Waals surface area contributed by atoms with Crippen molar-refractivity contribution in [1.82, 2.24) is 4.98 Å². The van der Waals surface area contributed by atoms with Gasteiger partial charge in [-0.05, 0) is 50.9 Å². The number of benzene rings is 1. The number of aliphatic hydroxyl groups excluding tert-OH is 1. The quantitative estimate of drug-likeness (QED) is 0.589. The highest BCUT2D eigenvalue weighted by molar-refractivity contribution is 9.11. The largest absolute Gasteiger partial charge is 0.436 e. The Bertz CT molecular complexity index is 669. The summed E-state index contributed by atoms with van der Waals surface area (Å²) in [6.45, 7) is 1.60. The molecule has 0 amide bonds. The molecule has 0 saturated carbocycles. The van der Waals surface area contributed by atoms with Crippen LogP contribution in [0.1, 0.15) is 18.6 Å². The summed E-state index contributed by atoms with van der Waals surface area (Å²) in [5.74, 6) is 0.587. The third-order valence-corrected chi connectivity index (χ3v) is 3.82. The van der Waals surface area contributed by atoms with Crippen LogP contribution in [0.3, 0.4) is 0 Å². The SMILES string of the molecule is C[C@@H](O)c1cccnc1Oc1c(Br)cc([N+](=O)[O-])cc1Br. The number of non-ortho nitro benzene ring substituents is 1. The highest BCUT2D eigenvalue weighted by Gasteiger charge is 2.18. The molecule has 2 rings (SSSR count). The Labute approximate surface area is 137 Å². The Morgan fingerprint density at radius 1 is 1.38 bits per heavy atom. The molecule has 21 heavy (non-hydrogen) atoms. The highest BCUT2D eigenvalue weighted by atomic mass is 79.9. The summed E-state index contributed by atoms with van der Waals surface area (Å²) < 4.78 is 6.50. The van der Waals surface area contributed by atoms with Crippen LogP contribution >= 0.6 is 31.9 Å². The van der Waals surface area contributed by atoms with Gasteiger partial charge in [0.25, 0.3) is 5.69 Å². The molecule has 1 N–H and O–H groups in total. The zero-order valence-corrected chi connectivity index (χ0v) is 14.0. The fourth-order valence-electron chi connectivity index (χ4n) is 1.65. The Morgan fingerprint density at radius 2 is 2.00 bits per heavy atom. The molecule has 0 bridgehead atoms. The van der Waals surface area contributed by atoms with E-state index in [4.69, 9.17) is 4.74 Å². The third-order valence-electron chi connectivity index (χ3n) is 2.64. The second-order valence-corrected chi connectivity index (χ2v) is 5.88. The second kappa shape index (κ2) is 6.50. The van der Waals surface area contributed by atoms with Gasteiger partial charge in [-0.1, -0.05) is 0 Å². The molecule has 1 atom stereocenters. The number of aromatic nitrogens is 1. The van der Waals surface area contributed by atoms with Gasteiger partial charge in [0.1, 0.15) is 0 Å². The number of pyridine rings is 1. The van der Waals surface area contributed by atoms with Crippen LogP contribution in [0.5, 0.6) is 11.6 Å². The lowest BCUT2D eigenvalue weighted by Crippen LogP contribution is -1.99. The van der Waals surface area contributed by atoms with Crippen molar-refractivity contribution in [3.63, 3.8) is 0 Å². The number of aliphatic hydroxyl groups is 1. The predicted molar refractivity (Wildman–Crippen MR) is 83.4 cm³/mol. The number of hydrogen-bond acceptors (Lipinski definition) is 5. The Hall–Kier alpha value is -1.51. The van der Waals surface area contributed by atoms with Crippen LogP contribution in [0, 0.1) is 10.1 Å². The Morgan fingerprint density at radius 3 is 2.52 bits per heavy atom. The molecule has 0 aliphatic rings. The van der Waals surface area contributed by atoms with Crippen molar-refractivity contribution in [2.45, 2.75) is 13.0 Å². The first-order valence-corrected chi connectivity index (χ1v) is 7.43. The van der Waals surface area contributed by atoms with E-state index in [1.807, 2.05) is 0 Å². The summed E-state index contributed by atoms with van der Waals surface area (Å²) in [7, 11) is 0. The van der Waals surface area contributed by atoms with Gasteiger partial charge in [-0.15, -0.1) is 0 Å². The highest BCUT2D eigenvalue weighted by Crippen LogP contribution is 2.40. The molecule has 1 heterocycles. The number of hydrogen-bond donors (Lipinski definition) is 1. The third kappa shape index (κ3) is 3.58. The van der Waals surface area contributed by atoms with E-state index >= 15 is 0 Å². The first-order chi connectivity index (χ1) is 9.90. The lowest BCUT2D eigenvalue weighted by atomic mass is 10.2. The Balaban J connectivity index is 2.43. The molecule has 1 aromatic carbocycles. The second-order valence-electron chi connectivity index (χ2n) is 4.17. The van der Waals surface area contributed by atoms with E-state index in [9.17, 15) is 15.2 Å². The molecule has 0 aliphatic carbocycles. The molecule has 1 aromatic heterocycles. The molecule has 6 nitrogen and oxygen atoms in total. The molecular formula is C13H10Br2N2O4. The fourth-order valence-corrected chi connectivity index (χ4v) is 2.98. The summed E-state index contributed by atoms with van der Waals surface area (Å²) in [5.41, 5.74) is 0.451. The zero-order valence-electron chi connectivity index (χ0n) is 10.8. The molecule has 0 spiro atoms. The van der Waals surface area contributed by atoms with Gasteiger partial charge in [0.2, 0.25) is 5.88 Å². The number of nitrogens with zero attached hydrogens (tertiary/aromatic N) is 2. The molecule has 2 aromatic rings. The maximum atomic E-state index is 10.8. The summed E-state index contributed by atoms with van der Waals surface area (Å²) in [4.78, 5) is 14.4. The minimum atomic E-state index is -0.746. The van der Waals surface area contributed by atoms with Gasteiger partial charge in [0.15, 0.2) is 5.75 Å². The zero-order chi connectivity index (χ0) is 15.6. The standard InChI is InChI=1S/C13H10Br2N2O4/c1-7(18)9-3-2-4-16-13(9)21-12-10(14)5-8(17(19)20)6-11(12)15/h2-7,18H,1H3/t7-/m1/s1. The molecule has 0 unspecified atom stereocenters. The van der Waals surface area contributed by atoms with Gasteiger partial charge in [0, 0.05) is 23.9 Å². The molecule has 0 radical (unpaired) electrons. The first kappa shape index (κ1) is 15.9. The van der Waals surface area contributed by atoms with Gasteiger partial charge in [-0.25, -0.2) is 4.98 Å². The van der Waals surface area contributed by atoms with E-state index < -0.39 is 11.0 Å². The van der Waals surface area contributed by atoms with E-state index in [2.05, 4.69) is 36.8 Å². The Kier molecular flexibility index (Phi) is 4.92. The van der Waals surface area contributed by atoms with Crippen LogP contribution < -0.4 is 4.74 Å². The number of nitro benzene ring substituents is 1. The van der Waals surface area contributed by atoms with Crippen LogP contribution in [0.15, 0.2) is 39.4 Å². The van der Waals surface area contributed by atoms with Crippen LogP contribution in [0.25, 0.3) is 0 Å². The molecule has 0 saturated heterocycles. The topological polar surface area (TPSA) is 85.5 Å². The predicted octanol–water partition coefficient (Wildman–Crippen LogP) is 4.36. The average molecular weight is 418 g/mol. The van der Waals surface area contributed by atoms with E-state index in [0.717, 1.165) is 0 Å². The molecule has 0 fully saturated rings. The van der Waals surface area contributed by atoms with E-state index in [-0.39, 0.29) is 11.6 Å². The number of rotatable bonds is 4. The fraction of sp³-hybridized carbons (Fsp3) is 0.154.